The van der Waals surface area contributed by atoms with Gasteiger partial charge in [0.2, 0.25) is 0 Å². The number of rotatable bonds is 24. The van der Waals surface area contributed by atoms with Crippen LogP contribution in [0.5, 0.6) is 0 Å². The van der Waals surface area contributed by atoms with Crippen LogP contribution in [0, 0.1) is 23.7 Å². The zero-order valence-electron chi connectivity index (χ0n) is 23.3. The molecule has 0 aliphatic heterocycles. The summed E-state index contributed by atoms with van der Waals surface area (Å²) in [5.41, 5.74) is 0. The number of hydrogen-bond donors (Lipinski definition) is 0. The first-order valence-corrected chi connectivity index (χ1v) is 14.4. The fourth-order valence-corrected chi connectivity index (χ4v) is 4.66. The molecule has 0 saturated carbocycles. The Balaban J connectivity index is 3.93. The number of nitrogens with zero attached hydrogens (tertiary/aromatic N) is 1. The van der Waals surface area contributed by atoms with E-state index >= 15 is 0 Å². The minimum absolute atomic E-state index is 0.723. The molecule has 0 spiro atoms. The third kappa shape index (κ3) is 17.4. The zero-order valence-corrected chi connectivity index (χ0v) is 23.3. The van der Waals surface area contributed by atoms with Gasteiger partial charge >= 0.3 is 0 Å². The van der Waals surface area contributed by atoms with Crippen LogP contribution in [0.15, 0.2) is 0 Å². The van der Waals surface area contributed by atoms with Crippen molar-refractivity contribution < 1.29 is 9.47 Å². The molecule has 3 nitrogen and oxygen atoms in total. The van der Waals surface area contributed by atoms with Crippen molar-refractivity contribution in [3.63, 3.8) is 0 Å². The number of ether oxygens (including phenoxy) is 2. The second-order valence-electron chi connectivity index (χ2n) is 10.3. The number of likely N-dealkylation sites (N-methyl/N-ethyl adjacent to an activating group) is 1. The molecule has 0 heterocycles. The maximum Gasteiger partial charge on any atom is 0.0593 e. The molecule has 194 valence electrons. The summed E-state index contributed by atoms with van der Waals surface area (Å²) in [6, 6.07) is 0. The highest BCUT2D eigenvalue weighted by atomic mass is 16.5. The maximum absolute atomic E-state index is 6.07. The van der Waals surface area contributed by atoms with E-state index in [4.69, 9.17) is 9.47 Å². The summed E-state index contributed by atoms with van der Waals surface area (Å²) >= 11 is 0. The molecule has 0 saturated heterocycles. The third-order valence-electron chi connectivity index (χ3n) is 7.52. The predicted octanol–water partition coefficient (Wildman–Crippen LogP) is 8.22. The van der Waals surface area contributed by atoms with Crippen LogP contribution >= 0.6 is 0 Å². The average molecular weight is 456 g/mol. The van der Waals surface area contributed by atoms with Gasteiger partial charge in [-0.05, 0) is 43.6 Å². The van der Waals surface area contributed by atoms with Gasteiger partial charge in [0.15, 0.2) is 0 Å². The molecule has 0 radical (unpaired) electrons. The van der Waals surface area contributed by atoms with E-state index in [1.54, 1.807) is 0 Å². The summed E-state index contributed by atoms with van der Waals surface area (Å²) in [7, 11) is 2.19. The first-order valence-electron chi connectivity index (χ1n) is 14.4. The van der Waals surface area contributed by atoms with E-state index in [0.717, 1.165) is 63.2 Å². The molecule has 0 bridgehead atoms. The van der Waals surface area contributed by atoms with E-state index in [1.165, 1.54) is 77.0 Å². The molecular weight excluding hydrogens is 394 g/mol. The van der Waals surface area contributed by atoms with E-state index < -0.39 is 0 Å². The Kier molecular flexibility index (Phi) is 22.6. The summed E-state index contributed by atoms with van der Waals surface area (Å²) in [5.74, 6) is 3.21. The highest BCUT2D eigenvalue weighted by molar-refractivity contribution is 4.66. The smallest absolute Gasteiger partial charge is 0.0593 e. The number of unbranched alkanes of at least 4 members (excludes halogenated alkanes) is 2. The summed E-state index contributed by atoms with van der Waals surface area (Å²) in [5, 5.41) is 0. The van der Waals surface area contributed by atoms with Crippen molar-refractivity contribution in [2.75, 3.05) is 46.6 Å². The average Bonchev–Trinajstić information content (AvgIpc) is 2.81. The summed E-state index contributed by atoms with van der Waals surface area (Å²) in [6.45, 7) is 19.5. The minimum Gasteiger partial charge on any atom is -0.380 e. The van der Waals surface area contributed by atoms with Crippen molar-refractivity contribution >= 4 is 0 Å². The van der Waals surface area contributed by atoms with Gasteiger partial charge in [0, 0.05) is 26.3 Å². The monoisotopic (exact) mass is 455 g/mol. The zero-order chi connectivity index (χ0) is 24.0. The maximum atomic E-state index is 6.07. The molecular formula is C29H61NO2. The molecule has 0 fully saturated rings. The third-order valence-corrected chi connectivity index (χ3v) is 7.52. The van der Waals surface area contributed by atoms with Gasteiger partial charge in [-0.1, -0.05) is 106 Å². The van der Waals surface area contributed by atoms with Crippen molar-refractivity contribution in [3.05, 3.63) is 0 Å². The second-order valence-corrected chi connectivity index (χ2v) is 10.3. The lowest BCUT2D eigenvalue weighted by Gasteiger charge is -2.23. The molecule has 4 atom stereocenters. The molecule has 0 aliphatic rings. The molecule has 0 amide bonds. The Morgan fingerprint density at radius 2 is 0.938 bits per heavy atom. The highest BCUT2D eigenvalue weighted by Gasteiger charge is 2.15. The van der Waals surface area contributed by atoms with Crippen LogP contribution in [0.4, 0.5) is 0 Å². The van der Waals surface area contributed by atoms with Crippen LogP contribution in [0.3, 0.4) is 0 Å². The Bertz CT molecular complexity index is 342. The van der Waals surface area contributed by atoms with Gasteiger partial charge in [-0.25, -0.2) is 0 Å². The summed E-state index contributed by atoms with van der Waals surface area (Å²) < 4.78 is 12.1. The molecule has 0 rings (SSSR count). The lowest BCUT2D eigenvalue weighted by atomic mass is 9.88. The lowest BCUT2D eigenvalue weighted by Crippen LogP contribution is -2.28. The van der Waals surface area contributed by atoms with Gasteiger partial charge in [0.1, 0.15) is 0 Å². The Labute approximate surface area is 203 Å². The van der Waals surface area contributed by atoms with E-state index in [1.807, 2.05) is 0 Å². The van der Waals surface area contributed by atoms with E-state index in [0.29, 0.717) is 0 Å². The molecule has 0 aromatic carbocycles. The van der Waals surface area contributed by atoms with E-state index in [9.17, 15) is 0 Å². The van der Waals surface area contributed by atoms with Gasteiger partial charge in [0.25, 0.3) is 0 Å². The van der Waals surface area contributed by atoms with Crippen molar-refractivity contribution in [1.82, 2.24) is 4.90 Å². The molecule has 0 N–H and O–H groups in total. The van der Waals surface area contributed by atoms with Crippen molar-refractivity contribution in [2.24, 2.45) is 23.7 Å². The molecule has 0 aliphatic carbocycles. The molecule has 0 aromatic rings. The van der Waals surface area contributed by atoms with Gasteiger partial charge in [0.05, 0.1) is 13.2 Å². The van der Waals surface area contributed by atoms with Crippen LogP contribution < -0.4 is 0 Å². The minimum atomic E-state index is 0.723. The fraction of sp³-hybridized carbons (Fsp3) is 1.00. The van der Waals surface area contributed by atoms with Crippen LogP contribution in [-0.4, -0.2) is 51.5 Å². The topological polar surface area (TPSA) is 21.7 Å². The van der Waals surface area contributed by atoms with Crippen LogP contribution in [0.2, 0.25) is 0 Å². The van der Waals surface area contributed by atoms with E-state index in [-0.39, 0.29) is 0 Å². The molecule has 0 aromatic heterocycles. The van der Waals surface area contributed by atoms with Crippen molar-refractivity contribution in [3.8, 4) is 0 Å². The largest absolute Gasteiger partial charge is 0.380 e. The highest BCUT2D eigenvalue weighted by Crippen LogP contribution is 2.24. The SMILES string of the molecule is CCCC[C@H](CC)C[C@H](CC)COCCN(C)CCOC[C@@H](CC)C[C@@H](CC)CCCC. The van der Waals surface area contributed by atoms with Gasteiger partial charge in [-0.2, -0.15) is 0 Å². The second kappa shape index (κ2) is 22.7. The Morgan fingerprint density at radius 3 is 1.25 bits per heavy atom. The Hall–Kier alpha value is -0.120. The van der Waals surface area contributed by atoms with Gasteiger partial charge < -0.3 is 14.4 Å². The molecule has 32 heavy (non-hydrogen) atoms. The molecule has 0 unspecified atom stereocenters. The van der Waals surface area contributed by atoms with Gasteiger partial charge in [-0.3, -0.25) is 0 Å². The number of hydrogen-bond acceptors (Lipinski definition) is 3. The van der Waals surface area contributed by atoms with E-state index in [2.05, 4.69) is 53.5 Å². The summed E-state index contributed by atoms with van der Waals surface area (Å²) in [4.78, 5) is 2.36. The van der Waals surface area contributed by atoms with Gasteiger partial charge in [-0.15, -0.1) is 0 Å². The fourth-order valence-electron chi connectivity index (χ4n) is 4.66. The Morgan fingerprint density at radius 1 is 0.562 bits per heavy atom. The van der Waals surface area contributed by atoms with Crippen molar-refractivity contribution in [2.45, 2.75) is 119 Å². The van der Waals surface area contributed by atoms with Crippen LogP contribution in [0.1, 0.15) is 119 Å². The normalized spacial score (nSPS) is 15.8. The standard InChI is InChI=1S/C29H61NO2/c1-8-14-16-26(10-3)22-28(12-5)24-31-20-18-30(7)19-21-32-25-29(13-6)23-27(11-4)17-15-9-2/h26-29H,8-25H2,1-7H3/t26-,27-,28-,29-/m0/s1. The van der Waals surface area contributed by atoms with Crippen LogP contribution in [-0.2, 0) is 9.47 Å². The lowest BCUT2D eigenvalue weighted by molar-refractivity contribution is 0.0519. The predicted molar refractivity (Wildman–Crippen MR) is 143 cm³/mol. The summed E-state index contributed by atoms with van der Waals surface area (Å²) in [6.07, 6.45) is 16.0. The molecule has 3 heteroatoms. The van der Waals surface area contributed by atoms with Crippen molar-refractivity contribution in [1.29, 1.82) is 0 Å². The van der Waals surface area contributed by atoms with Crippen LogP contribution in [0.25, 0.3) is 0 Å². The first-order chi connectivity index (χ1) is 15.5. The quantitative estimate of drug-likeness (QED) is 0.137. The first kappa shape index (κ1) is 31.9.